The third-order valence-corrected chi connectivity index (χ3v) is 6.06. The zero-order chi connectivity index (χ0) is 22.1. The molecule has 0 radical (unpaired) electrons. The fourth-order valence-electron chi connectivity index (χ4n) is 3.28. The molecule has 0 saturated heterocycles. The fraction of sp³-hybridized carbons (Fsp3) is 0.167. The number of halogens is 1. The highest BCUT2D eigenvalue weighted by molar-refractivity contribution is 7.11. The molecule has 0 unspecified atom stereocenters. The van der Waals surface area contributed by atoms with E-state index < -0.39 is 5.91 Å². The molecule has 2 heterocycles. The van der Waals surface area contributed by atoms with Gasteiger partial charge in [-0.15, -0.1) is 11.3 Å². The zero-order valence-corrected chi connectivity index (χ0v) is 18.9. The summed E-state index contributed by atoms with van der Waals surface area (Å²) in [6, 6.07) is 16.1. The van der Waals surface area contributed by atoms with E-state index in [1.807, 2.05) is 62.5 Å². The lowest BCUT2D eigenvalue weighted by molar-refractivity contribution is -0.120. The van der Waals surface area contributed by atoms with Gasteiger partial charge in [-0.05, 0) is 74.2 Å². The third-order valence-electron chi connectivity index (χ3n) is 4.76. The minimum absolute atomic E-state index is 0.0656. The average molecular weight is 453 g/mol. The number of benzene rings is 2. The van der Waals surface area contributed by atoms with Crippen molar-refractivity contribution in [1.29, 1.82) is 0 Å². The molecule has 1 aromatic heterocycles. The largest absolute Gasteiger partial charge is 0.491 e. The first-order valence-electron chi connectivity index (χ1n) is 9.82. The van der Waals surface area contributed by atoms with Crippen LogP contribution < -0.4 is 15.0 Å². The smallest absolute Gasteiger partial charge is 0.282 e. The van der Waals surface area contributed by atoms with Crippen molar-refractivity contribution in [1.82, 2.24) is 0 Å². The second-order valence-corrected chi connectivity index (χ2v) is 8.78. The van der Waals surface area contributed by atoms with Gasteiger partial charge >= 0.3 is 0 Å². The Morgan fingerprint density at radius 2 is 1.77 bits per heavy atom. The van der Waals surface area contributed by atoms with E-state index in [0.29, 0.717) is 22.0 Å². The Bertz CT molecular complexity index is 1170. The maximum atomic E-state index is 13.4. The molecular weight excluding hydrogens is 432 g/mol. The molecule has 2 amide bonds. The number of carbonyl (C=O) groups excluding carboxylic acids is 2. The Balaban J connectivity index is 1.71. The third kappa shape index (κ3) is 4.22. The van der Waals surface area contributed by atoms with Crippen molar-refractivity contribution in [2.45, 2.75) is 26.9 Å². The molecule has 158 valence electrons. The lowest BCUT2D eigenvalue weighted by Crippen LogP contribution is -2.32. The number of ether oxygens (including phenoxy) is 1. The van der Waals surface area contributed by atoms with Gasteiger partial charge in [0.05, 0.1) is 17.4 Å². The van der Waals surface area contributed by atoms with E-state index in [0.717, 1.165) is 16.2 Å². The second kappa shape index (κ2) is 8.57. The van der Waals surface area contributed by atoms with Crippen LogP contribution in [0.1, 0.15) is 24.3 Å². The number of nitrogens with one attached hydrogen (secondary N) is 1. The summed E-state index contributed by atoms with van der Waals surface area (Å²) in [5.74, 6) is -0.0665. The highest BCUT2D eigenvalue weighted by Crippen LogP contribution is 2.36. The van der Waals surface area contributed by atoms with Gasteiger partial charge in [0, 0.05) is 15.6 Å². The average Bonchev–Trinajstić information content (AvgIpc) is 3.32. The van der Waals surface area contributed by atoms with Gasteiger partial charge in [-0.2, -0.15) is 0 Å². The van der Waals surface area contributed by atoms with E-state index in [2.05, 4.69) is 5.32 Å². The topological polar surface area (TPSA) is 58.6 Å². The van der Waals surface area contributed by atoms with Crippen molar-refractivity contribution in [3.05, 3.63) is 81.1 Å². The Hall–Kier alpha value is -3.09. The summed E-state index contributed by atoms with van der Waals surface area (Å²) in [6.45, 7) is 5.78. The number of nitrogens with zero attached hydrogens (tertiary/aromatic N) is 1. The van der Waals surface area contributed by atoms with Gasteiger partial charge in [-0.3, -0.25) is 9.59 Å². The van der Waals surface area contributed by atoms with Crippen molar-refractivity contribution in [3.63, 3.8) is 0 Å². The Labute approximate surface area is 189 Å². The summed E-state index contributed by atoms with van der Waals surface area (Å²) >= 11 is 7.66. The predicted octanol–water partition coefficient (Wildman–Crippen LogP) is 5.89. The van der Waals surface area contributed by atoms with Crippen molar-refractivity contribution >= 4 is 51.7 Å². The molecule has 31 heavy (non-hydrogen) atoms. The molecular formula is C24H21ClN2O3S. The van der Waals surface area contributed by atoms with E-state index >= 15 is 0 Å². The highest BCUT2D eigenvalue weighted by atomic mass is 35.5. The molecule has 0 atom stereocenters. The summed E-state index contributed by atoms with van der Waals surface area (Å²) in [5, 5.41) is 5.53. The maximum Gasteiger partial charge on any atom is 0.282 e. The van der Waals surface area contributed by atoms with Crippen molar-refractivity contribution < 1.29 is 14.3 Å². The molecule has 0 spiro atoms. The Kier molecular flexibility index (Phi) is 5.85. The fourth-order valence-corrected chi connectivity index (χ4v) is 4.23. The van der Waals surface area contributed by atoms with E-state index in [1.54, 1.807) is 18.2 Å². The predicted molar refractivity (Wildman–Crippen MR) is 126 cm³/mol. The van der Waals surface area contributed by atoms with Crippen molar-refractivity contribution in [2.75, 3.05) is 10.2 Å². The molecule has 2 aromatic carbocycles. The van der Waals surface area contributed by atoms with Crippen LogP contribution in [0.2, 0.25) is 5.02 Å². The van der Waals surface area contributed by atoms with Gasteiger partial charge in [0.1, 0.15) is 11.4 Å². The lowest BCUT2D eigenvalue weighted by atomic mass is 10.1. The molecule has 3 aromatic rings. The molecule has 1 N–H and O–H groups in total. The van der Waals surface area contributed by atoms with Crippen LogP contribution in [0.5, 0.6) is 5.75 Å². The Morgan fingerprint density at radius 3 is 2.39 bits per heavy atom. The molecule has 0 bridgehead atoms. The standard InChI is InChI=1S/C24H21ClN2O3S/c1-14(2)30-18-10-7-16(8-11-18)26-22-21(20-5-4-12-31-20)23(28)27(24(22)29)17-9-6-15(3)19(25)13-17/h4-14,26H,1-3H3. The van der Waals surface area contributed by atoms with Gasteiger partial charge in [-0.25, -0.2) is 4.90 Å². The number of aryl methyl sites for hydroxylation is 1. The van der Waals surface area contributed by atoms with Gasteiger partial charge < -0.3 is 10.1 Å². The normalized spacial score (nSPS) is 14.0. The van der Waals surface area contributed by atoms with Crippen molar-refractivity contribution in [2.24, 2.45) is 0 Å². The van der Waals surface area contributed by atoms with Crippen LogP contribution in [0, 0.1) is 6.92 Å². The monoisotopic (exact) mass is 452 g/mol. The van der Waals surface area contributed by atoms with Gasteiger partial charge in [0.15, 0.2) is 0 Å². The van der Waals surface area contributed by atoms with Crippen LogP contribution in [0.3, 0.4) is 0 Å². The summed E-state index contributed by atoms with van der Waals surface area (Å²) in [4.78, 5) is 28.6. The first-order valence-corrected chi connectivity index (χ1v) is 11.1. The van der Waals surface area contributed by atoms with Crippen LogP contribution in [0.4, 0.5) is 11.4 Å². The number of imide groups is 1. The van der Waals surface area contributed by atoms with Gasteiger partial charge in [0.2, 0.25) is 0 Å². The minimum atomic E-state index is -0.421. The molecule has 0 fully saturated rings. The Morgan fingerprint density at radius 1 is 1.03 bits per heavy atom. The molecule has 0 aliphatic carbocycles. The lowest BCUT2D eigenvalue weighted by Gasteiger charge is -2.16. The molecule has 5 nitrogen and oxygen atoms in total. The first-order chi connectivity index (χ1) is 14.8. The van der Waals surface area contributed by atoms with Gasteiger partial charge in [0.25, 0.3) is 11.8 Å². The first kappa shape index (κ1) is 21.2. The highest BCUT2D eigenvalue weighted by Gasteiger charge is 2.40. The number of amides is 2. The summed E-state index contributed by atoms with van der Waals surface area (Å²) in [5.41, 5.74) is 2.58. The summed E-state index contributed by atoms with van der Waals surface area (Å²) < 4.78 is 5.67. The number of hydrogen-bond acceptors (Lipinski definition) is 5. The molecule has 1 aliphatic heterocycles. The number of carbonyl (C=O) groups is 2. The molecule has 7 heteroatoms. The molecule has 1 aliphatic rings. The zero-order valence-electron chi connectivity index (χ0n) is 17.3. The van der Waals surface area contributed by atoms with E-state index in [1.165, 1.54) is 16.2 Å². The quantitative estimate of drug-likeness (QED) is 0.473. The summed E-state index contributed by atoms with van der Waals surface area (Å²) in [6.07, 6.45) is 0.0656. The summed E-state index contributed by atoms with van der Waals surface area (Å²) in [7, 11) is 0. The van der Waals surface area contributed by atoms with E-state index in [4.69, 9.17) is 16.3 Å². The number of hydrogen-bond donors (Lipinski definition) is 1. The molecule has 0 saturated carbocycles. The van der Waals surface area contributed by atoms with E-state index in [-0.39, 0.29) is 17.7 Å². The van der Waals surface area contributed by atoms with Crippen LogP contribution in [-0.4, -0.2) is 17.9 Å². The van der Waals surface area contributed by atoms with Gasteiger partial charge in [-0.1, -0.05) is 23.7 Å². The molecule has 4 rings (SSSR count). The van der Waals surface area contributed by atoms with Crippen LogP contribution >= 0.6 is 22.9 Å². The van der Waals surface area contributed by atoms with Crippen molar-refractivity contribution in [3.8, 4) is 5.75 Å². The number of anilines is 2. The maximum absolute atomic E-state index is 13.4. The van der Waals surface area contributed by atoms with Crippen LogP contribution in [-0.2, 0) is 9.59 Å². The van der Waals surface area contributed by atoms with Crippen LogP contribution in [0.25, 0.3) is 5.57 Å². The SMILES string of the molecule is Cc1ccc(N2C(=O)C(Nc3ccc(OC(C)C)cc3)=C(c3cccs3)C2=O)cc1Cl. The van der Waals surface area contributed by atoms with E-state index in [9.17, 15) is 9.59 Å². The number of rotatable bonds is 6. The second-order valence-electron chi connectivity index (χ2n) is 7.42. The minimum Gasteiger partial charge on any atom is -0.491 e. The number of thiophene rings is 1. The van der Waals surface area contributed by atoms with Crippen LogP contribution in [0.15, 0.2) is 65.7 Å².